The van der Waals surface area contributed by atoms with E-state index in [1.807, 2.05) is 44.2 Å². The zero-order valence-corrected chi connectivity index (χ0v) is 17.5. The van der Waals surface area contributed by atoms with Gasteiger partial charge in [-0.2, -0.15) is 0 Å². The van der Waals surface area contributed by atoms with Crippen LogP contribution in [-0.2, 0) is 17.8 Å². The van der Waals surface area contributed by atoms with Crippen LogP contribution in [0.2, 0.25) is 0 Å². The number of nitrogens with zero attached hydrogens (tertiary/aromatic N) is 1. The monoisotopic (exact) mass is 428 g/mol. The molecular weight excluding hydrogens is 402 g/mol. The molecule has 0 aliphatic carbocycles. The van der Waals surface area contributed by atoms with Crippen LogP contribution in [0.25, 0.3) is 0 Å². The number of anilines is 1. The zero-order valence-electron chi connectivity index (χ0n) is 17.5. The topological polar surface area (TPSA) is 115 Å². The number of nitrogens with one attached hydrogen (secondary N) is 2. The third-order valence-corrected chi connectivity index (χ3v) is 5.30. The molecule has 1 unspecified atom stereocenters. The summed E-state index contributed by atoms with van der Waals surface area (Å²) in [5.74, 6) is 0.801. The van der Waals surface area contributed by atoms with E-state index < -0.39 is 17.8 Å². The number of hydrogen-bond acceptors (Lipinski definition) is 8. The minimum absolute atomic E-state index is 0.00245. The molecule has 4 rings (SSSR count). The molecule has 9 nitrogen and oxygen atoms in total. The number of fused-ring (bicyclic) bond motifs is 1. The molecule has 2 aliphatic rings. The molecule has 1 saturated heterocycles. The van der Waals surface area contributed by atoms with E-state index in [2.05, 4.69) is 10.6 Å². The summed E-state index contributed by atoms with van der Waals surface area (Å²) in [7, 11) is 0. The minimum Gasteiger partial charge on any atom is -0.733 e. The number of carbonyl (C=O) groups is 1. The predicted octanol–water partition coefficient (Wildman–Crippen LogP) is 2.74. The summed E-state index contributed by atoms with van der Waals surface area (Å²) < 4.78 is 17.2. The van der Waals surface area contributed by atoms with E-state index in [0.29, 0.717) is 25.3 Å². The number of carbonyl (C=O) groups excluding carboxylic acids is 1. The largest absolute Gasteiger partial charge is 0.733 e. The molecule has 0 radical (unpaired) electrons. The maximum absolute atomic E-state index is 12.2. The van der Waals surface area contributed by atoms with Gasteiger partial charge in [0.05, 0.1) is 11.7 Å². The summed E-state index contributed by atoms with van der Waals surface area (Å²) in [6, 6.07) is 12.2. The van der Waals surface area contributed by atoms with Gasteiger partial charge in [0.1, 0.15) is 29.8 Å². The number of ether oxygens (including phenoxy) is 3. The Labute approximate surface area is 180 Å². The second kappa shape index (κ2) is 8.62. The molecule has 2 atom stereocenters. The molecule has 166 valence electrons. The van der Waals surface area contributed by atoms with Crippen LogP contribution in [0.3, 0.4) is 0 Å². The highest BCUT2D eigenvalue weighted by molar-refractivity contribution is 5.68. The molecule has 2 aromatic rings. The van der Waals surface area contributed by atoms with E-state index in [1.54, 1.807) is 12.1 Å². The number of hydrogen-bond donors (Lipinski definition) is 3. The standard InChI is InChI=1S/C22H26N3O6/c1-22(2)10-15-8-17(25(27)28)19(9-18(15)31-22)30-20-12-23-11-16(20)24-21(26)29-13-14-6-4-3-5-7-14/h3-9,16,20,23,27H,10-13H2,1-2H3,(H,24,26)/q-1/t16?,20-/m0/s1. The number of rotatable bonds is 6. The molecule has 1 fully saturated rings. The second-order valence-corrected chi connectivity index (χ2v) is 8.37. The number of alkyl carbamates (subject to hydrolysis) is 1. The van der Waals surface area contributed by atoms with Gasteiger partial charge < -0.3 is 35.3 Å². The summed E-state index contributed by atoms with van der Waals surface area (Å²) in [5.41, 5.74) is 1.31. The van der Waals surface area contributed by atoms with Crippen molar-refractivity contribution in [1.29, 1.82) is 0 Å². The van der Waals surface area contributed by atoms with Gasteiger partial charge in [0, 0.05) is 31.1 Å². The molecule has 2 heterocycles. The predicted molar refractivity (Wildman–Crippen MR) is 113 cm³/mol. The molecule has 0 aromatic heterocycles. The molecule has 0 spiro atoms. The molecule has 0 saturated carbocycles. The van der Waals surface area contributed by atoms with Gasteiger partial charge in [-0.05, 0) is 25.5 Å². The van der Waals surface area contributed by atoms with Crippen LogP contribution in [0.1, 0.15) is 25.0 Å². The average molecular weight is 428 g/mol. The van der Waals surface area contributed by atoms with Crippen molar-refractivity contribution in [2.45, 2.75) is 44.6 Å². The van der Waals surface area contributed by atoms with Gasteiger partial charge in [-0.3, -0.25) is 5.21 Å². The van der Waals surface area contributed by atoms with Crippen LogP contribution in [-0.4, -0.2) is 42.1 Å². The summed E-state index contributed by atoms with van der Waals surface area (Å²) in [6.45, 7) is 4.99. The minimum atomic E-state index is -0.557. The number of amides is 1. The van der Waals surface area contributed by atoms with Crippen LogP contribution in [0.5, 0.6) is 11.5 Å². The van der Waals surface area contributed by atoms with E-state index in [1.165, 1.54) is 0 Å². The van der Waals surface area contributed by atoms with Crippen molar-refractivity contribution < 1.29 is 24.2 Å². The van der Waals surface area contributed by atoms with Crippen LogP contribution in [0, 0.1) is 5.21 Å². The fourth-order valence-corrected chi connectivity index (χ4v) is 3.86. The van der Waals surface area contributed by atoms with E-state index in [-0.39, 0.29) is 29.3 Å². The highest BCUT2D eigenvalue weighted by Gasteiger charge is 2.34. The first-order chi connectivity index (χ1) is 14.8. The Morgan fingerprint density at radius 3 is 2.84 bits per heavy atom. The third kappa shape index (κ3) is 5.01. The lowest BCUT2D eigenvalue weighted by Crippen LogP contribution is -2.45. The van der Waals surface area contributed by atoms with Gasteiger partial charge in [0.2, 0.25) is 0 Å². The maximum Gasteiger partial charge on any atom is 0.407 e. The Morgan fingerprint density at radius 2 is 2.10 bits per heavy atom. The van der Waals surface area contributed by atoms with Crippen molar-refractivity contribution in [2.75, 3.05) is 18.3 Å². The Morgan fingerprint density at radius 1 is 1.32 bits per heavy atom. The SMILES string of the molecule is CC1(C)Cc2cc(N([O-])O)c(O[C@H]3CNCC3NC(=O)OCc3ccccc3)cc2O1. The third-order valence-electron chi connectivity index (χ3n) is 5.30. The summed E-state index contributed by atoms with van der Waals surface area (Å²) >= 11 is 0. The highest BCUT2D eigenvalue weighted by atomic mass is 16.8. The first-order valence-electron chi connectivity index (χ1n) is 10.2. The fraction of sp³-hybridized carbons (Fsp3) is 0.409. The van der Waals surface area contributed by atoms with Crippen molar-refractivity contribution in [2.24, 2.45) is 0 Å². The first kappa shape index (κ1) is 21.2. The number of benzene rings is 2. The second-order valence-electron chi connectivity index (χ2n) is 8.37. The lowest BCUT2D eigenvalue weighted by molar-refractivity contribution is 0.123. The van der Waals surface area contributed by atoms with Gasteiger partial charge >= 0.3 is 6.09 Å². The van der Waals surface area contributed by atoms with Crippen LogP contribution < -0.4 is 25.3 Å². The summed E-state index contributed by atoms with van der Waals surface area (Å²) in [4.78, 5) is 12.2. The van der Waals surface area contributed by atoms with Crippen LogP contribution >= 0.6 is 0 Å². The average Bonchev–Trinajstić information content (AvgIpc) is 3.28. The molecule has 3 N–H and O–H groups in total. The Bertz CT molecular complexity index is 934. The first-order valence-corrected chi connectivity index (χ1v) is 10.2. The van der Waals surface area contributed by atoms with Gasteiger partial charge in [0.15, 0.2) is 0 Å². The highest BCUT2D eigenvalue weighted by Crippen LogP contribution is 2.42. The zero-order chi connectivity index (χ0) is 22.0. The molecule has 2 aliphatic heterocycles. The Kier molecular flexibility index (Phi) is 5.90. The summed E-state index contributed by atoms with van der Waals surface area (Å²) in [6.07, 6.45) is -0.403. The van der Waals surface area contributed by atoms with E-state index >= 15 is 0 Å². The van der Waals surface area contributed by atoms with Gasteiger partial charge in [-0.1, -0.05) is 30.3 Å². The van der Waals surface area contributed by atoms with Crippen LogP contribution in [0.15, 0.2) is 42.5 Å². The van der Waals surface area contributed by atoms with E-state index in [4.69, 9.17) is 14.2 Å². The Balaban J connectivity index is 1.42. The van der Waals surface area contributed by atoms with E-state index in [9.17, 15) is 15.2 Å². The van der Waals surface area contributed by atoms with Gasteiger partial charge in [-0.25, -0.2) is 4.79 Å². The van der Waals surface area contributed by atoms with Gasteiger partial charge in [-0.15, -0.1) is 0 Å². The lowest BCUT2D eigenvalue weighted by atomic mass is 10.0. The van der Waals surface area contributed by atoms with Gasteiger partial charge in [0.25, 0.3) is 0 Å². The van der Waals surface area contributed by atoms with Crippen molar-refractivity contribution in [3.8, 4) is 11.5 Å². The Hall–Kier alpha value is -3.01. The molecular formula is C22H26N3O6-. The molecule has 1 amide bonds. The quantitative estimate of drug-likeness (QED) is 0.602. The van der Waals surface area contributed by atoms with Crippen molar-refractivity contribution in [3.63, 3.8) is 0 Å². The van der Waals surface area contributed by atoms with Crippen molar-refractivity contribution in [1.82, 2.24) is 10.6 Å². The molecule has 2 aromatic carbocycles. The van der Waals surface area contributed by atoms with Crippen LogP contribution in [0.4, 0.5) is 10.5 Å². The smallest absolute Gasteiger partial charge is 0.407 e. The fourth-order valence-electron chi connectivity index (χ4n) is 3.86. The van der Waals surface area contributed by atoms with Crippen molar-refractivity contribution in [3.05, 3.63) is 58.8 Å². The lowest BCUT2D eigenvalue weighted by Gasteiger charge is -2.28. The molecule has 0 bridgehead atoms. The van der Waals surface area contributed by atoms with E-state index in [0.717, 1.165) is 11.1 Å². The summed E-state index contributed by atoms with van der Waals surface area (Å²) in [5, 5.41) is 27.1. The molecule has 31 heavy (non-hydrogen) atoms. The normalized spacial score (nSPS) is 21.2. The molecule has 9 heteroatoms. The maximum atomic E-state index is 12.2. The van der Waals surface area contributed by atoms with Crippen molar-refractivity contribution >= 4 is 11.8 Å².